The molecule has 5 heteroatoms. The van der Waals surface area contributed by atoms with E-state index in [0.717, 1.165) is 12.4 Å². The van der Waals surface area contributed by atoms with E-state index in [-0.39, 0.29) is 6.10 Å². The predicted molar refractivity (Wildman–Crippen MR) is 63.0 cm³/mol. The Labute approximate surface area is 101 Å². The molecule has 0 amide bonds. The number of hydrogen-bond donors (Lipinski definition) is 0. The zero-order valence-corrected chi connectivity index (χ0v) is 9.80. The lowest BCUT2D eigenvalue weighted by Gasteiger charge is -2.30. The van der Waals surface area contributed by atoms with Crippen LogP contribution in [0.5, 0.6) is 5.88 Å². The quantitative estimate of drug-likeness (QED) is 0.785. The van der Waals surface area contributed by atoms with Crippen molar-refractivity contribution in [2.24, 2.45) is 0 Å². The number of hydrogen-bond acceptors (Lipinski definition) is 5. The molecule has 1 atom stereocenters. The van der Waals surface area contributed by atoms with Gasteiger partial charge in [-0.15, -0.1) is 0 Å². The minimum atomic E-state index is -0.374. The Morgan fingerprint density at radius 2 is 2.53 bits per heavy atom. The minimum Gasteiger partial charge on any atom is -0.478 e. The van der Waals surface area contributed by atoms with Crippen molar-refractivity contribution < 1.29 is 9.47 Å². The number of nitriles is 1. The first-order chi connectivity index (χ1) is 8.33. The molecular weight excluding hydrogens is 218 g/mol. The molecule has 2 heterocycles. The summed E-state index contributed by atoms with van der Waals surface area (Å²) in [6, 6.07) is 7.77. The molecule has 0 radical (unpaired) electrons. The van der Waals surface area contributed by atoms with Gasteiger partial charge in [-0.2, -0.15) is 10.2 Å². The molecule has 1 aromatic heterocycles. The van der Waals surface area contributed by atoms with Gasteiger partial charge in [0.05, 0.1) is 25.8 Å². The smallest absolute Gasteiger partial charge is 0.215 e. The van der Waals surface area contributed by atoms with Gasteiger partial charge in [0.15, 0.2) is 6.10 Å². The van der Waals surface area contributed by atoms with Crippen molar-refractivity contribution in [2.45, 2.75) is 13.0 Å². The normalized spacial score (nSPS) is 19.8. The lowest BCUT2D eigenvalue weighted by molar-refractivity contribution is 0.0761. The summed E-state index contributed by atoms with van der Waals surface area (Å²) >= 11 is 0. The van der Waals surface area contributed by atoms with E-state index >= 15 is 0 Å². The lowest BCUT2D eigenvalue weighted by Crippen LogP contribution is -2.42. The number of ether oxygens (including phenoxy) is 2. The maximum Gasteiger partial charge on any atom is 0.215 e. The Bertz CT molecular complexity index is 416. The number of morpholine rings is 1. The predicted octanol–water partition coefficient (Wildman–Crippen LogP) is 1.21. The summed E-state index contributed by atoms with van der Waals surface area (Å²) in [7, 11) is 0. The summed E-state index contributed by atoms with van der Waals surface area (Å²) in [4.78, 5) is 6.44. The number of nitrogens with zero attached hydrogens (tertiary/aromatic N) is 3. The second-order valence-corrected chi connectivity index (χ2v) is 3.70. The highest BCUT2D eigenvalue weighted by Gasteiger charge is 2.21. The summed E-state index contributed by atoms with van der Waals surface area (Å²) in [5.41, 5.74) is 0. The third-order valence-corrected chi connectivity index (χ3v) is 2.54. The lowest BCUT2D eigenvalue weighted by atomic mass is 10.3. The molecule has 0 aliphatic carbocycles. The fourth-order valence-corrected chi connectivity index (χ4v) is 1.74. The molecular formula is C12H15N3O2. The topological polar surface area (TPSA) is 58.4 Å². The van der Waals surface area contributed by atoms with Gasteiger partial charge < -0.3 is 14.4 Å². The van der Waals surface area contributed by atoms with Crippen LogP contribution < -0.4 is 9.64 Å². The fourth-order valence-electron chi connectivity index (χ4n) is 1.74. The first-order valence-electron chi connectivity index (χ1n) is 5.69. The summed E-state index contributed by atoms with van der Waals surface area (Å²) in [6.45, 7) is 4.38. The highest BCUT2D eigenvalue weighted by molar-refractivity contribution is 5.41. The van der Waals surface area contributed by atoms with E-state index in [0.29, 0.717) is 25.6 Å². The van der Waals surface area contributed by atoms with Gasteiger partial charge in [0.2, 0.25) is 5.88 Å². The van der Waals surface area contributed by atoms with E-state index in [1.165, 1.54) is 0 Å². The van der Waals surface area contributed by atoms with Crippen molar-refractivity contribution in [3.05, 3.63) is 18.2 Å². The van der Waals surface area contributed by atoms with E-state index in [2.05, 4.69) is 11.1 Å². The zero-order chi connectivity index (χ0) is 12.1. The monoisotopic (exact) mass is 233 g/mol. The molecule has 5 nitrogen and oxygen atoms in total. The van der Waals surface area contributed by atoms with Gasteiger partial charge in [-0.3, -0.25) is 0 Å². The maximum absolute atomic E-state index is 8.85. The Hall–Kier alpha value is -1.80. The highest BCUT2D eigenvalue weighted by Crippen LogP contribution is 2.18. The van der Waals surface area contributed by atoms with Gasteiger partial charge in [0.25, 0.3) is 0 Å². The van der Waals surface area contributed by atoms with Crippen LogP contribution in [0.15, 0.2) is 18.2 Å². The van der Waals surface area contributed by atoms with Gasteiger partial charge in [-0.1, -0.05) is 6.07 Å². The molecule has 1 fully saturated rings. The van der Waals surface area contributed by atoms with Crippen LogP contribution in [0.2, 0.25) is 0 Å². The first-order valence-corrected chi connectivity index (χ1v) is 5.69. The molecule has 0 bridgehead atoms. The second kappa shape index (κ2) is 5.51. The summed E-state index contributed by atoms with van der Waals surface area (Å²) in [5.74, 6) is 1.45. The van der Waals surface area contributed by atoms with Gasteiger partial charge in [0, 0.05) is 12.6 Å². The maximum atomic E-state index is 8.85. The molecule has 1 unspecified atom stereocenters. The highest BCUT2D eigenvalue weighted by atomic mass is 16.5. The Balaban J connectivity index is 2.10. The molecule has 1 aliphatic heterocycles. The van der Waals surface area contributed by atoms with Gasteiger partial charge in [-0.25, -0.2) is 0 Å². The largest absolute Gasteiger partial charge is 0.478 e. The van der Waals surface area contributed by atoms with Crippen LogP contribution in [0.3, 0.4) is 0 Å². The fraction of sp³-hybridized carbons (Fsp3) is 0.500. The Kier molecular flexibility index (Phi) is 3.78. The SMILES string of the molecule is CCOc1cccc(N2CCOC(C#N)C2)n1. The number of rotatable bonds is 3. The van der Waals surface area contributed by atoms with Crippen LogP contribution in [0.1, 0.15) is 6.92 Å². The van der Waals surface area contributed by atoms with Crippen LogP contribution in [-0.4, -0.2) is 37.4 Å². The summed E-state index contributed by atoms with van der Waals surface area (Å²) < 4.78 is 10.7. The second-order valence-electron chi connectivity index (χ2n) is 3.70. The van der Waals surface area contributed by atoms with Crippen molar-refractivity contribution in [3.8, 4) is 11.9 Å². The molecule has 0 spiro atoms. The third kappa shape index (κ3) is 2.86. The van der Waals surface area contributed by atoms with E-state index in [1.54, 1.807) is 0 Å². The summed E-state index contributed by atoms with van der Waals surface area (Å²) in [6.07, 6.45) is -0.374. The van der Waals surface area contributed by atoms with E-state index < -0.39 is 0 Å². The van der Waals surface area contributed by atoms with Crippen LogP contribution in [0.4, 0.5) is 5.82 Å². The third-order valence-electron chi connectivity index (χ3n) is 2.54. The van der Waals surface area contributed by atoms with Gasteiger partial charge >= 0.3 is 0 Å². The van der Waals surface area contributed by atoms with Crippen LogP contribution in [0.25, 0.3) is 0 Å². The minimum absolute atomic E-state index is 0.374. The number of pyridine rings is 1. The van der Waals surface area contributed by atoms with E-state index in [1.807, 2.05) is 30.0 Å². The Morgan fingerprint density at radius 1 is 1.65 bits per heavy atom. The molecule has 0 N–H and O–H groups in total. The first kappa shape index (κ1) is 11.7. The van der Waals surface area contributed by atoms with Crippen molar-refractivity contribution in [1.82, 2.24) is 4.98 Å². The molecule has 0 saturated carbocycles. The molecule has 0 aromatic carbocycles. The number of aromatic nitrogens is 1. The standard InChI is InChI=1S/C12H15N3O2/c1-2-16-12-5-3-4-11(14-12)15-6-7-17-10(8-13)9-15/h3-5,10H,2,6-7,9H2,1H3. The van der Waals surface area contributed by atoms with Crippen molar-refractivity contribution in [1.29, 1.82) is 5.26 Å². The molecule has 17 heavy (non-hydrogen) atoms. The number of anilines is 1. The van der Waals surface area contributed by atoms with Crippen molar-refractivity contribution in [2.75, 3.05) is 31.2 Å². The average molecular weight is 233 g/mol. The van der Waals surface area contributed by atoms with Crippen LogP contribution in [-0.2, 0) is 4.74 Å². The van der Waals surface area contributed by atoms with Crippen molar-refractivity contribution in [3.63, 3.8) is 0 Å². The van der Waals surface area contributed by atoms with Crippen LogP contribution in [0, 0.1) is 11.3 Å². The molecule has 1 aromatic rings. The van der Waals surface area contributed by atoms with Crippen molar-refractivity contribution >= 4 is 5.82 Å². The van der Waals surface area contributed by atoms with E-state index in [4.69, 9.17) is 14.7 Å². The molecule has 1 saturated heterocycles. The van der Waals surface area contributed by atoms with Gasteiger partial charge in [-0.05, 0) is 13.0 Å². The zero-order valence-electron chi connectivity index (χ0n) is 9.80. The molecule has 1 aliphatic rings. The van der Waals surface area contributed by atoms with E-state index in [9.17, 15) is 0 Å². The average Bonchev–Trinajstić information content (AvgIpc) is 2.40. The molecule has 90 valence electrons. The van der Waals surface area contributed by atoms with Gasteiger partial charge in [0.1, 0.15) is 5.82 Å². The Morgan fingerprint density at radius 3 is 3.29 bits per heavy atom. The van der Waals surface area contributed by atoms with Crippen LogP contribution >= 0.6 is 0 Å². The molecule has 2 rings (SSSR count). The summed E-state index contributed by atoms with van der Waals surface area (Å²) in [5, 5.41) is 8.85.